The van der Waals surface area contributed by atoms with Crippen LogP contribution in [-0.2, 0) is 0 Å². The van der Waals surface area contributed by atoms with E-state index >= 15 is 0 Å². The van der Waals surface area contributed by atoms with Crippen LogP contribution in [0.15, 0.2) is 53.1 Å². The highest BCUT2D eigenvalue weighted by molar-refractivity contribution is 9.10. The first-order chi connectivity index (χ1) is 13.2. The van der Waals surface area contributed by atoms with Crippen molar-refractivity contribution in [3.8, 4) is 0 Å². The van der Waals surface area contributed by atoms with Crippen molar-refractivity contribution >= 4 is 27.6 Å². The van der Waals surface area contributed by atoms with E-state index in [-0.39, 0.29) is 12.1 Å². The number of halogens is 1. The predicted octanol–water partition coefficient (Wildman–Crippen LogP) is 4.22. The van der Waals surface area contributed by atoms with Crippen LogP contribution in [-0.4, -0.2) is 42.1 Å². The summed E-state index contributed by atoms with van der Waals surface area (Å²) in [6.07, 6.45) is 4.94. The molecule has 2 saturated heterocycles. The number of hydrogen-bond acceptors (Lipinski definition) is 3. The summed E-state index contributed by atoms with van der Waals surface area (Å²) >= 11 is 3.54. The van der Waals surface area contributed by atoms with Crippen molar-refractivity contribution in [1.29, 1.82) is 0 Å². The molecule has 27 heavy (non-hydrogen) atoms. The van der Waals surface area contributed by atoms with Crippen molar-refractivity contribution < 1.29 is 4.79 Å². The highest BCUT2D eigenvalue weighted by Crippen LogP contribution is 2.31. The molecule has 0 aliphatic carbocycles. The summed E-state index contributed by atoms with van der Waals surface area (Å²) in [4.78, 5) is 21.5. The second-order valence-corrected chi connectivity index (χ2v) is 8.29. The molecule has 3 heterocycles. The molecule has 2 amide bonds. The van der Waals surface area contributed by atoms with Gasteiger partial charge in [0.15, 0.2) is 0 Å². The van der Waals surface area contributed by atoms with Crippen LogP contribution in [0.1, 0.15) is 31.0 Å². The lowest BCUT2D eigenvalue weighted by molar-refractivity contribution is 0.190. The maximum Gasteiger partial charge on any atom is 0.317 e. The Morgan fingerprint density at radius 3 is 2.93 bits per heavy atom. The molecule has 2 fully saturated rings. The number of aromatic nitrogens is 1. The number of benzene rings is 1. The molecule has 2 aromatic rings. The summed E-state index contributed by atoms with van der Waals surface area (Å²) in [6.45, 7) is 3.56. The number of anilines is 1. The smallest absolute Gasteiger partial charge is 0.317 e. The van der Waals surface area contributed by atoms with Gasteiger partial charge in [-0.05, 0) is 55.5 Å². The number of pyridine rings is 1. The Kier molecular flexibility index (Phi) is 5.62. The van der Waals surface area contributed by atoms with Gasteiger partial charge in [0.05, 0.1) is 11.7 Å². The summed E-state index contributed by atoms with van der Waals surface area (Å²) in [5, 5.41) is 3.17. The fourth-order valence-corrected chi connectivity index (χ4v) is 4.52. The maximum atomic E-state index is 12.7. The number of urea groups is 1. The summed E-state index contributed by atoms with van der Waals surface area (Å²) in [7, 11) is 0. The van der Waals surface area contributed by atoms with Crippen LogP contribution in [0.2, 0.25) is 0 Å². The number of hydrogen-bond donors (Lipinski definition) is 1. The van der Waals surface area contributed by atoms with Gasteiger partial charge < -0.3 is 15.1 Å². The van der Waals surface area contributed by atoms with Gasteiger partial charge in [-0.15, -0.1) is 0 Å². The second-order valence-electron chi connectivity index (χ2n) is 7.37. The van der Waals surface area contributed by atoms with Crippen LogP contribution in [0.3, 0.4) is 0 Å². The summed E-state index contributed by atoms with van der Waals surface area (Å²) in [5.41, 5.74) is 2.24. The Morgan fingerprint density at radius 2 is 2.11 bits per heavy atom. The minimum absolute atomic E-state index is 0.0454. The monoisotopic (exact) mass is 428 g/mol. The highest BCUT2D eigenvalue weighted by Gasteiger charge is 2.31. The summed E-state index contributed by atoms with van der Waals surface area (Å²) < 4.78 is 1.10. The van der Waals surface area contributed by atoms with Crippen molar-refractivity contribution in [3.63, 3.8) is 0 Å². The molecule has 142 valence electrons. The van der Waals surface area contributed by atoms with Gasteiger partial charge in [-0.1, -0.05) is 28.1 Å². The van der Waals surface area contributed by atoms with Gasteiger partial charge in [0.1, 0.15) is 0 Å². The van der Waals surface area contributed by atoms with E-state index in [0.29, 0.717) is 5.92 Å². The Morgan fingerprint density at radius 1 is 1.19 bits per heavy atom. The van der Waals surface area contributed by atoms with Crippen molar-refractivity contribution in [2.45, 2.75) is 25.3 Å². The molecule has 0 spiro atoms. The largest absolute Gasteiger partial charge is 0.371 e. The Bertz CT molecular complexity index is 785. The minimum atomic E-state index is 0.0454. The standard InChI is InChI=1S/C21H25BrN4O/c22-17-5-3-6-18(13-17)25-12-9-16(15-25)14-24-21(27)26-11-4-8-20(26)19-7-1-2-10-23-19/h1-3,5-7,10,13,16,20H,4,8-9,11-12,14-15H2,(H,24,27). The van der Waals surface area contributed by atoms with E-state index in [1.165, 1.54) is 5.69 Å². The van der Waals surface area contributed by atoms with Gasteiger partial charge >= 0.3 is 6.03 Å². The molecule has 2 aliphatic heterocycles. The molecule has 0 saturated carbocycles. The maximum absolute atomic E-state index is 12.7. The molecule has 4 rings (SSSR count). The third-order valence-corrected chi connectivity index (χ3v) is 6.04. The predicted molar refractivity (Wildman–Crippen MR) is 111 cm³/mol. The molecule has 0 radical (unpaired) electrons. The molecule has 2 atom stereocenters. The van der Waals surface area contributed by atoms with E-state index in [0.717, 1.165) is 55.6 Å². The number of likely N-dealkylation sites (tertiary alicyclic amines) is 1. The Hall–Kier alpha value is -2.08. The van der Waals surface area contributed by atoms with E-state index in [9.17, 15) is 4.79 Å². The lowest BCUT2D eigenvalue weighted by Crippen LogP contribution is -2.42. The molecule has 2 aliphatic rings. The lowest BCUT2D eigenvalue weighted by Gasteiger charge is -2.25. The number of carbonyl (C=O) groups excluding carboxylic acids is 1. The quantitative estimate of drug-likeness (QED) is 0.792. The van der Waals surface area contributed by atoms with Crippen molar-refractivity contribution in [1.82, 2.24) is 15.2 Å². The molecular weight excluding hydrogens is 404 g/mol. The summed E-state index contributed by atoms with van der Waals surface area (Å²) in [6, 6.07) is 14.5. The molecule has 1 N–H and O–H groups in total. The SMILES string of the molecule is O=C(NCC1CCN(c2cccc(Br)c2)C1)N1CCCC1c1ccccn1. The van der Waals surface area contributed by atoms with Gasteiger partial charge in [0.2, 0.25) is 0 Å². The molecule has 1 aromatic carbocycles. The number of nitrogens with zero attached hydrogens (tertiary/aromatic N) is 3. The third kappa shape index (κ3) is 4.26. The molecule has 1 aromatic heterocycles. The Balaban J connectivity index is 1.31. The Labute approximate surface area is 168 Å². The van der Waals surface area contributed by atoms with E-state index in [4.69, 9.17) is 0 Å². The van der Waals surface area contributed by atoms with Crippen LogP contribution >= 0.6 is 15.9 Å². The minimum Gasteiger partial charge on any atom is -0.371 e. The van der Waals surface area contributed by atoms with E-state index < -0.39 is 0 Å². The lowest BCUT2D eigenvalue weighted by atomic mass is 10.1. The normalized spacial score (nSPS) is 22.3. The zero-order chi connectivity index (χ0) is 18.6. The number of amides is 2. The highest BCUT2D eigenvalue weighted by atomic mass is 79.9. The van der Waals surface area contributed by atoms with Crippen molar-refractivity contribution in [2.75, 3.05) is 31.1 Å². The zero-order valence-corrected chi connectivity index (χ0v) is 16.9. The first-order valence-electron chi connectivity index (χ1n) is 9.66. The third-order valence-electron chi connectivity index (χ3n) is 5.54. The van der Waals surface area contributed by atoms with Gasteiger partial charge in [-0.25, -0.2) is 4.79 Å². The molecule has 6 heteroatoms. The average Bonchev–Trinajstić information content (AvgIpc) is 3.36. The number of carbonyl (C=O) groups is 1. The first-order valence-corrected chi connectivity index (χ1v) is 10.5. The van der Waals surface area contributed by atoms with E-state index in [1.54, 1.807) is 6.20 Å². The summed E-state index contributed by atoms with van der Waals surface area (Å²) in [5.74, 6) is 0.490. The molecule has 0 bridgehead atoms. The van der Waals surface area contributed by atoms with Crippen molar-refractivity contribution in [2.24, 2.45) is 5.92 Å². The van der Waals surface area contributed by atoms with E-state index in [1.807, 2.05) is 29.2 Å². The molecular formula is C21H25BrN4O. The fraction of sp³-hybridized carbons (Fsp3) is 0.429. The number of nitrogens with one attached hydrogen (secondary N) is 1. The fourth-order valence-electron chi connectivity index (χ4n) is 4.13. The molecule has 2 unspecified atom stereocenters. The van der Waals surface area contributed by atoms with Crippen molar-refractivity contribution in [3.05, 3.63) is 58.8 Å². The topological polar surface area (TPSA) is 48.5 Å². The van der Waals surface area contributed by atoms with Gasteiger partial charge in [-0.3, -0.25) is 4.98 Å². The first kappa shape index (κ1) is 18.3. The zero-order valence-electron chi connectivity index (χ0n) is 15.4. The van der Waals surface area contributed by atoms with Crippen LogP contribution in [0.25, 0.3) is 0 Å². The van der Waals surface area contributed by atoms with E-state index in [2.05, 4.69) is 49.3 Å². The molecule has 5 nitrogen and oxygen atoms in total. The van der Waals surface area contributed by atoms with Gasteiger partial charge in [-0.2, -0.15) is 0 Å². The average molecular weight is 429 g/mol. The second kappa shape index (κ2) is 8.30. The number of rotatable bonds is 4. The van der Waals surface area contributed by atoms with Crippen LogP contribution < -0.4 is 10.2 Å². The van der Waals surface area contributed by atoms with Crippen LogP contribution in [0.4, 0.5) is 10.5 Å². The van der Waals surface area contributed by atoms with Crippen LogP contribution in [0, 0.1) is 5.92 Å². The van der Waals surface area contributed by atoms with Crippen LogP contribution in [0.5, 0.6) is 0 Å². The van der Waals surface area contributed by atoms with Gasteiger partial charge in [0, 0.05) is 42.5 Å². The van der Waals surface area contributed by atoms with Gasteiger partial charge in [0.25, 0.3) is 0 Å².